The van der Waals surface area contributed by atoms with Gasteiger partial charge in [-0.05, 0) is 31.7 Å². The lowest BCUT2D eigenvalue weighted by Crippen LogP contribution is -2.45. The predicted octanol–water partition coefficient (Wildman–Crippen LogP) is 4.13. The third-order valence-electron chi connectivity index (χ3n) is 5.12. The molecule has 26 heavy (non-hydrogen) atoms. The van der Waals surface area contributed by atoms with Crippen molar-refractivity contribution in [3.05, 3.63) is 54.1 Å². The summed E-state index contributed by atoms with van der Waals surface area (Å²) in [5.41, 5.74) is 2.42. The summed E-state index contributed by atoms with van der Waals surface area (Å²) in [4.78, 5) is 18.9. The summed E-state index contributed by atoms with van der Waals surface area (Å²) in [5, 5.41) is 3.26. The Labute approximate surface area is 156 Å². The fourth-order valence-electron chi connectivity index (χ4n) is 3.54. The maximum absolute atomic E-state index is 12.9. The van der Waals surface area contributed by atoms with Gasteiger partial charge in [0.15, 0.2) is 0 Å². The Kier molecular flexibility index (Phi) is 6.69. The van der Waals surface area contributed by atoms with Gasteiger partial charge in [-0.2, -0.15) is 0 Å². The Hall–Kier alpha value is -2.30. The van der Waals surface area contributed by atoms with E-state index >= 15 is 0 Å². The van der Waals surface area contributed by atoms with E-state index in [1.807, 2.05) is 17.4 Å². The molecular formula is C21H30N4O. The monoisotopic (exact) mass is 354 g/mol. The largest absolute Gasteiger partial charge is 0.337 e. The van der Waals surface area contributed by atoms with Gasteiger partial charge < -0.3 is 14.8 Å². The van der Waals surface area contributed by atoms with E-state index in [-0.39, 0.29) is 6.03 Å². The number of imidazole rings is 1. The summed E-state index contributed by atoms with van der Waals surface area (Å²) >= 11 is 0. The maximum atomic E-state index is 12.9. The van der Waals surface area contributed by atoms with E-state index in [9.17, 15) is 4.79 Å². The van der Waals surface area contributed by atoms with E-state index in [1.165, 1.54) is 30.4 Å². The molecule has 1 aliphatic carbocycles. The number of urea groups is 1. The maximum Gasteiger partial charge on any atom is 0.317 e. The number of amides is 2. The first-order valence-electron chi connectivity index (χ1n) is 9.77. The Morgan fingerprint density at radius 3 is 2.69 bits per heavy atom. The van der Waals surface area contributed by atoms with E-state index in [0.29, 0.717) is 12.6 Å². The summed E-state index contributed by atoms with van der Waals surface area (Å²) in [7, 11) is 0. The zero-order valence-electron chi connectivity index (χ0n) is 15.7. The van der Waals surface area contributed by atoms with Gasteiger partial charge in [-0.25, -0.2) is 9.78 Å². The highest BCUT2D eigenvalue weighted by molar-refractivity contribution is 5.74. The topological polar surface area (TPSA) is 50.2 Å². The molecule has 5 nitrogen and oxygen atoms in total. The summed E-state index contributed by atoms with van der Waals surface area (Å²) < 4.78 is 2.06. The van der Waals surface area contributed by atoms with Gasteiger partial charge in [0, 0.05) is 38.1 Å². The molecule has 2 amide bonds. The number of nitrogens with one attached hydrogen (secondary N) is 1. The predicted molar refractivity (Wildman–Crippen MR) is 104 cm³/mol. The molecule has 1 fully saturated rings. The second kappa shape index (κ2) is 9.41. The molecule has 1 N–H and O–H groups in total. The van der Waals surface area contributed by atoms with Gasteiger partial charge in [0.05, 0.1) is 6.33 Å². The fraction of sp³-hybridized carbons (Fsp3) is 0.524. The molecule has 0 spiro atoms. The molecule has 1 aliphatic rings. The summed E-state index contributed by atoms with van der Waals surface area (Å²) in [6, 6.07) is 8.86. The minimum absolute atomic E-state index is 0.0723. The first kappa shape index (κ1) is 18.5. The Balaban J connectivity index is 1.59. The summed E-state index contributed by atoms with van der Waals surface area (Å²) in [6.45, 7) is 4.36. The highest BCUT2D eigenvalue weighted by Crippen LogP contribution is 2.18. The summed E-state index contributed by atoms with van der Waals surface area (Å²) in [6.07, 6.45) is 12.5. The molecule has 140 valence electrons. The Morgan fingerprint density at radius 1 is 1.23 bits per heavy atom. The average Bonchev–Trinajstić information content (AvgIpc) is 3.17. The molecule has 5 heteroatoms. The number of benzene rings is 1. The number of aryl methyl sites for hydroxylation is 2. The molecule has 2 aromatic rings. The van der Waals surface area contributed by atoms with Crippen LogP contribution in [0, 0.1) is 6.92 Å². The first-order valence-corrected chi connectivity index (χ1v) is 9.77. The van der Waals surface area contributed by atoms with E-state index in [4.69, 9.17) is 0 Å². The van der Waals surface area contributed by atoms with Crippen molar-refractivity contribution in [3.8, 4) is 0 Å². The van der Waals surface area contributed by atoms with E-state index in [2.05, 4.69) is 46.1 Å². The molecule has 1 aromatic heterocycles. The lowest BCUT2D eigenvalue weighted by Gasteiger charge is -2.28. The van der Waals surface area contributed by atoms with Gasteiger partial charge in [-0.15, -0.1) is 0 Å². The van der Waals surface area contributed by atoms with E-state index in [1.54, 1.807) is 6.20 Å². The number of rotatable bonds is 7. The number of hydrogen-bond acceptors (Lipinski definition) is 2. The fourth-order valence-corrected chi connectivity index (χ4v) is 3.54. The molecule has 1 saturated carbocycles. The van der Waals surface area contributed by atoms with Crippen molar-refractivity contribution >= 4 is 6.03 Å². The minimum atomic E-state index is 0.0723. The number of aromatic nitrogens is 2. The van der Waals surface area contributed by atoms with Crippen molar-refractivity contribution in [3.63, 3.8) is 0 Å². The molecule has 0 bridgehead atoms. The molecule has 1 heterocycles. The quantitative estimate of drug-likeness (QED) is 0.813. The van der Waals surface area contributed by atoms with Crippen LogP contribution in [0.4, 0.5) is 4.79 Å². The van der Waals surface area contributed by atoms with Crippen LogP contribution in [0.1, 0.15) is 49.7 Å². The van der Waals surface area contributed by atoms with Gasteiger partial charge in [0.2, 0.25) is 0 Å². The third-order valence-corrected chi connectivity index (χ3v) is 5.12. The van der Waals surface area contributed by atoms with Crippen molar-refractivity contribution < 1.29 is 4.79 Å². The van der Waals surface area contributed by atoms with Crippen LogP contribution in [0.15, 0.2) is 43.0 Å². The highest BCUT2D eigenvalue weighted by Gasteiger charge is 2.20. The van der Waals surface area contributed by atoms with Crippen LogP contribution in [0.25, 0.3) is 0 Å². The number of carbonyl (C=O) groups is 1. The van der Waals surface area contributed by atoms with Crippen molar-refractivity contribution in [2.75, 3.05) is 6.54 Å². The van der Waals surface area contributed by atoms with Crippen LogP contribution in [-0.4, -0.2) is 33.1 Å². The van der Waals surface area contributed by atoms with Gasteiger partial charge in [-0.3, -0.25) is 0 Å². The van der Waals surface area contributed by atoms with Crippen LogP contribution in [0.2, 0.25) is 0 Å². The number of hydrogen-bond donors (Lipinski definition) is 1. The lowest BCUT2D eigenvalue weighted by molar-refractivity contribution is 0.185. The van der Waals surface area contributed by atoms with Crippen molar-refractivity contribution in [2.45, 2.75) is 64.6 Å². The smallest absolute Gasteiger partial charge is 0.317 e. The summed E-state index contributed by atoms with van der Waals surface area (Å²) in [5.74, 6) is 0. The average molecular weight is 354 g/mol. The van der Waals surface area contributed by atoms with Crippen molar-refractivity contribution in [1.82, 2.24) is 19.8 Å². The molecule has 0 atom stereocenters. The Bertz CT molecular complexity index is 660. The van der Waals surface area contributed by atoms with Gasteiger partial charge >= 0.3 is 6.03 Å². The Morgan fingerprint density at radius 2 is 2.00 bits per heavy atom. The lowest BCUT2D eigenvalue weighted by atomic mass is 9.96. The first-order chi connectivity index (χ1) is 12.7. The number of nitrogens with zero attached hydrogens (tertiary/aromatic N) is 3. The zero-order valence-corrected chi connectivity index (χ0v) is 15.7. The molecule has 1 aromatic carbocycles. The van der Waals surface area contributed by atoms with Crippen LogP contribution in [0.3, 0.4) is 0 Å². The van der Waals surface area contributed by atoms with Crippen molar-refractivity contribution in [1.29, 1.82) is 0 Å². The molecule has 0 aliphatic heterocycles. The van der Waals surface area contributed by atoms with Crippen LogP contribution < -0.4 is 5.32 Å². The normalized spacial score (nSPS) is 15.0. The van der Waals surface area contributed by atoms with E-state index in [0.717, 1.165) is 32.4 Å². The number of carbonyl (C=O) groups excluding carboxylic acids is 1. The minimum Gasteiger partial charge on any atom is -0.337 e. The molecule has 0 radical (unpaired) electrons. The third kappa shape index (κ3) is 5.61. The van der Waals surface area contributed by atoms with Crippen molar-refractivity contribution in [2.24, 2.45) is 0 Å². The van der Waals surface area contributed by atoms with Gasteiger partial charge in [-0.1, -0.05) is 49.1 Å². The van der Waals surface area contributed by atoms with Gasteiger partial charge in [0.1, 0.15) is 0 Å². The molecular weight excluding hydrogens is 324 g/mol. The highest BCUT2D eigenvalue weighted by atomic mass is 16.2. The van der Waals surface area contributed by atoms with Crippen LogP contribution in [0.5, 0.6) is 0 Å². The molecule has 3 rings (SSSR count). The molecule has 0 saturated heterocycles. The molecule has 0 unspecified atom stereocenters. The zero-order chi connectivity index (χ0) is 18.2. The van der Waals surface area contributed by atoms with E-state index < -0.39 is 0 Å². The van der Waals surface area contributed by atoms with Gasteiger partial charge in [0.25, 0.3) is 0 Å². The van der Waals surface area contributed by atoms with Crippen LogP contribution in [-0.2, 0) is 13.1 Å². The second-order valence-electron chi connectivity index (χ2n) is 7.35. The second-order valence-corrected chi connectivity index (χ2v) is 7.35. The standard InChI is InChI=1S/C21H30N4O/c1-18-8-10-19(11-9-18)16-25(14-5-13-24-15-12-22-17-24)21(26)23-20-6-3-2-4-7-20/h8-12,15,17,20H,2-7,13-14,16H2,1H3,(H,23,26). The van der Waals surface area contributed by atoms with Crippen LogP contribution >= 0.6 is 0 Å². The SMILES string of the molecule is Cc1ccc(CN(CCCn2ccnc2)C(=O)NC2CCCCC2)cc1.